The molecule has 0 unspecified atom stereocenters. The summed E-state index contributed by atoms with van der Waals surface area (Å²) in [7, 11) is 0. The summed E-state index contributed by atoms with van der Waals surface area (Å²) >= 11 is 0. The molecule has 1 rings (SSSR count). The molecule has 1 amide bonds. The summed E-state index contributed by atoms with van der Waals surface area (Å²) in [5, 5.41) is 0. The quantitative estimate of drug-likeness (QED) is 0.688. The Hall–Kier alpha value is -0.610. The highest BCUT2D eigenvalue weighted by Gasteiger charge is 2.22. The van der Waals surface area contributed by atoms with Gasteiger partial charge in [0.1, 0.15) is 6.61 Å². The van der Waals surface area contributed by atoms with Crippen LogP contribution < -0.4 is 0 Å². The van der Waals surface area contributed by atoms with Crippen molar-refractivity contribution >= 4 is 5.91 Å². The van der Waals surface area contributed by atoms with E-state index >= 15 is 0 Å². The zero-order valence-electron chi connectivity index (χ0n) is 9.70. The van der Waals surface area contributed by atoms with Gasteiger partial charge in [0, 0.05) is 26.3 Å². The van der Waals surface area contributed by atoms with Gasteiger partial charge in [0.05, 0.1) is 6.10 Å². The van der Waals surface area contributed by atoms with Crippen LogP contribution in [0.3, 0.4) is 0 Å². The second-order valence-corrected chi connectivity index (χ2v) is 3.67. The maximum atomic E-state index is 11.6. The standard InChI is InChI=1S/C11H21NO3/c1-3-14-9-11(13)12-7-5-10(6-8-12)15-4-2/h10H,3-9H2,1-2H3. The van der Waals surface area contributed by atoms with Crippen LogP contribution in [-0.4, -0.2) is 49.8 Å². The fourth-order valence-electron chi connectivity index (χ4n) is 1.79. The van der Waals surface area contributed by atoms with E-state index < -0.39 is 0 Å². The zero-order chi connectivity index (χ0) is 11.1. The second kappa shape index (κ2) is 6.80. The number of piperidine rings is 1. The van der Waals surface area contributed by atoms with E-state index in [0.29, 0.717) is 12.7 Å². The van der Waals surface area contributed by atoms with Crippen molar-refractivity contribution < 1.29 is 14.3 Å². The number of nitrogens with zero attached hydrogens (tertiary/aromatic N) is 1. The average Bonchev–Trinajstić information content (AvgIpc) is 2.27. The molecule has 1 fully saturated rings. The summed E-state index contributed by atoms with van der Waals surface area (Å²) in [5.74, 6) is 0.104. The molecule has 0 bridgehead atoms. The first kappa shape index (κ1) is 12.5. The molecule has 88 valence electrons. The van der Waals surface area contributed by atoms with Gasteiger partial charge in [-0.15, -0.1) is 0 Å². The summed E-state index contributed by atoms with van der Waals surface area (Å²) in [6.45, 7) is 7.09. The topological polar surface area (TPSA) is 38.8 Å². The van der Waals surface area contributed by atoms with Crippen LogP contribution in [0.2, 0.25) is 0 Å². The van der Waals surface area contributed by atoms with E-state index in [1.54, 1.807) is 0 Å². The van der Waals surface area contributed by atoms with Gasteiger partial charge in [-0.2, -0.15) is 0 Å². The minimum absolute atomic E-state index is 0.104. The molecule has 4 nitrogen and oxygen atoms in total. The normalized spacial score (nSPS) is 18.1. The molecule has 0 aliphatic carbocycles. The molecule has 0 aromatic carbocycles. The maximum absolute atomic E-state index is 11.6. The number of carbonyl (C=O) groups is 1. The summed E-state index contributed by atoms with van der Waals surface area (Å²) in [6, 6.07) is 0. The van der Waals surface area contributed by atoms with Crippen LogP contribution in [0.4, 0.5) is 0 Å². The predicted octanol–water partition coefficient (Wildman–Crippen LogP) is 1.05. The van der Waals surface area contributed by atoms with Gasteiger partial charge in [0.2, 0.25) is 5.91 Å². The molecule has 0 N–H and O–H groups in total. The monoisotopic (exact) mass is 215 g/mol. The molecule has 0 spiro atoms. The summed E-state index contributed by atoms with van der Waals surface area (Å²) < 4.78 is 10.6. The molecule has 0 aromatic rings. The van der Waals surface area contributed by atoms with Crippen molar-refractivity contribution in [2.24, 2.45) is 0 Å². The Kier molecular flexibility index (Phi) is 5.65. The van der Waals surface area contributed by atoms with Gasteiger partial charge in [-0.3, -0.25) is 4.79 Å². The molecule has 1 aliphatic rings. The lowest BCUT2D eigenvalue weighted by Crippen LogP contribution is -2.42. The first-order valence-corrected chi connectivity index (χ1v) is 5.75. The minimum atomic E-state index is 0.104. The Morgan fingerprint density at radius 2 is 1.93 bits per heavy atom. The van der Waals surface area contributed by atoms with E-state index in [1.165, 1.54) is 0 Å². The highest BCUT2D eigenvalue weighted by atomic mass is 16.5. The van der Waals surface area contributed by atoms with E-state index in [-0.39, 0.29) is 12.5 Å². The van der Waals surface area contributed by atoms with Crippen molar-refractivity contribution in [1.29, 1.82) is 0 Å². The summed E-state index contributed by atoms with van der Waals surface area (Å²) in [6.07, 6.45) is 2.24. The molecule has 4 heteroatoms. The number of amides is 1. The maximum Gasteiger partial charge on any atom is 0.248 e. The first-order chi connectivity index (χ1) is 7.27. The number of ether oxygens (including phenoxy) is 2. The molecule has 0 aromatic heterocycles. The third kappa shape index (κ3) is 4.18. The van der Waals surface area contributed by atoms with E-state index in [4.69, 9.17) is 9.47 Å². The van der Waals surface area contributed by atoms with Gasteiger partial charge in [0.15, 0.2) is 0 Å². The fraction of sp³-hybridized carbons (Fsp3) is 0.909. The number of carbonyl (C=O) groups excluding carboxylic acids is 1. The molecule has 1 saturated heterocycles. The van der Waals surface area contributed by atoms with Gasteiger partial charge < -0.3 is 14.4 Å². The highest BCUT2D eigenvalue weighted by molar-refractivity contribution is 5.77. The van der Waals surface area contributed by atoms with Gasteiger partial charge in [-0.1, -0.05) is 0 Å². The van der Waals surface area contributed by atoms with Crippen molar-refractivity contribution in [3.05, 3.63) is 0 Å². The van der Waals surface area contributed by atoms with Crippen molar-refractivity contribution in [1.82, 2.24) is 4.90 Å². The van der Waals surface area contributed by atoms with E-state index in [0.717, 1.165) is 32.5 Å². The predicted molar refractivity (Wildman–Crippen MR) is 57.7 cm³/mol. The molecule has 1 heterocycles. The number of hydrogen-bond donors (Lipinski definition) is 0. The largest absolute Gasteiger partial charge is 0.378 e. The molecule has 0 saturated carbocycles. The molecular formula is C11H21NO3. The Balaban J connectivity index is 2.21. The van der Waals surface area contributed by atoms with Crippen molar-refractivity contribution in [2.75, 3.05) is 32.9 Å². The third-order valence-electron chi connectivity index (χ3n) is 2.63. The lowest BCUT2D eigenvalue weighted by atomic mass is 10.1. The van der Waals surface area contributed by atoms with Crippen molar-refractivity contribution in [3.8, 4) is 0 Å². The van der Waals surface area contributed by atoms with E-state index in [2.05, 4.69) is 0 Å². The van der Waals surface area contributed by atoms with Gasteiger partial charge >= 0.3 is 0 Å². The average molecular weight is 215 g/mol. The number of rotatable bonds is 5. The van der Waals surface area contributed by atoms with E-state index in [9.17, 15) is 4.79 Å². The Morgan fingerprint density at radius 1 is 1.27 bits per heavy atom. The minimum Gasteiger partial charge on any atom is -0.378 e. The summed E-state index contributed by atoms with van der Waals surface area (Å²) in [5.41, 5.74) is 0. The highest BCUT2D eigenvalue weighted by Crippen LogP contribution is 2.13. The van der Waals surface area contributed by atoms with Crippen LogP contribution in [0.5, 0.6) is 0 Å². The lowest BCUT2D eigenvalue weighted by molar-refractivity contribution is -0.138. The Bertz CT molecular complexity index is 188. The van der Waals surface area contributed by atoms with Gasteiger partial charge in [0.25, 0.3) is 0 Å². The molecule has 15 heavy (non-hydrogen) atoms. The smallest absolute Gasteiger partial charge is 0.248 e. The van der Waals surface area contributed by atoms with Crippen LogP contribution in [-0.2, 0) is 14.3 Å². The van der Waals surface area contributed by atoms with Crippen LogP contribution in [0.1, 0.15) is 26.7 Å². The molecular weight excluding hydrogens is 194 g/mol. The van der Waals surface area contributed by atoms with Crippen molar-refractivity contribution in [2.45, 2.75) is 32.8 Å². The van der Waals surface area contributed by atoms with Crippen LogP contribution in [0.25, 0.3) is 0 Å². The first-order valence-electron chi connectivity index (χ1n) is 5.75. The molecule has 0 radical (unpaired) electrons. The Morgan fingerprint density at radius 3 is 2.47 bits per heavy atom. The second-order valence-electron chi connectivity index (χ2n) is 3.67. The molecule has 0 atom stereocenters. The van der Waals surface area contributed by atoms with Crippen LogP contribution >= 0.6 is 0 Å². The molecule has 1 aliphatic heterocycles. The fourth-order valence-corrected chi connectivity index (χ4v) is 1.79. The number of hydrogen-bond acceptors (Lipinski definition) is 3. The van der Waals surface area contributed by atoms with E-state index in [1.807, 2.05) is 18.7 Å². The van der Waals surface area contributed by atoms with Crippen LogP contribution in [0.15, 0.2) is 0 Å². The van der Waals surface area contributed by atoms with Crippen molar-refractivity contribution in [3.63, 3.8) is 0 Å². The Labute approximate surface area is 91.5 Å². The summed E-state index contributed by atoms with van der Waals surface area (Å²) in [4.78, 5) is 13.4. The zero-order valence-corrected chi connectivity index (χ0v) is 9.70. The lowest BCUT2D eigenvalue weighted by Gasteiger charge is -2.31. The third-order valence-corrected chi connectivity index (χ3v) is 2.63. The van der Waals surface area contributed by atoms with Gasteiger partial charge in [-0.05, 0) is 26.7 Å². The SMILES string of the molecule is CCOCC(=O)N1CCC(OCC)CC1. The van der Waals surface area contributed by atoms with Gasteiger partial charge in [-0.25, -0.2) is 0 Å². The number of likely N-dealkylation sites (tertiary alicyclic amines) is 1. The van der Waals surface area contributed by atoms with Crippen LogP contribution in [0, 0.1) is 0 Å².